The molecule has 0 aromatic rings. The van der Waals surface area contributed by atoms with Crippen LogP contribution < -0.4 is 5.32 Å². The van der Waals surface area contributed by atoms with Gasteiger partial charge in [-0.1, -0.05) is 13.8 Å². The highest BCUT2D eigenvalue weighted by Gasteiger charge is 2.27. The molecule has 0 spiro atoms. The van der Waals surface area contributed by atoms with Crippen molar-refractivity contribution >= 4 is 11.9 Å². The molecule has 2 N–H and O–H groups in total. The molecule has 0 aromatic carbocycles. The maximum atomic E-state index is 12.0. The van der Waals surface area contributed by atoms with Crippen LogP contribution in [0.3, 0.4) is 0 Å². The van der Waals surface area contributed by atoms with Crippen molar-refractivity contribution in [2.24, 2.45) is 11.3 Å². The zero-order valence-electron chi connectivity index (χ0n) is 12.1. The Morgan fingerprint density at radius 2 is 1.89 bits per heavy atom. The number of ether oxygens (including phenoxy) is 1. The van der Waals surface area contributed by atoms with E-state index in [1.807, 2.05) is 6.92 Å². The molecule has 5 nitrogen and oxygen atoms in total. The Kier molecular flexibility index (Phi) is 5.79. The molecule has 0 saturated carbocycles. The molecule has 0 bridgehead atoms. The number of hydrogen-bond acceptors (Lipinski definition) is 3. The Labute approximate surface area is 114 Å². The van der Waals surface area contributed by atoms with Crippen LogP contribution in [0.4, 0.5) is 0 Å². The fraction of sp³-hybridized carbons (Fsp3) is 0.857. The predicted octanol–water partition coefficient (Wildman–Crippen LogP) is 1.81. The summed E-state index contributed by atoms with van der Waals surface area (Å²) in [4.78, 5) is 22.7. The maximum Gasteiger partial charge on any atom is 0.303 e. The van der Waals surface area contributed by atoms with E-state index in [-0.39, 0.29) is 24.8 Å². The number of hydrogen-bond donors (Lipinski definition) is 2. The van der Waals surface area contributed by atoms with Gasteiger partial charge in [0.05, 0.1) is 6.42 Å². The van der Waals surface area contributed by atoms with Gasteiger partial charge in [-0.15, -0.1) is 0 Å². The van der Waals surface area contributed by atoms with Gasteiger partial charge in [0, 0.05) is 25.7 Å². The average molecular weight is 271 g/mol. The number of carboxylic acids is 1. The lowest BCUT2D eigenvalue weighted by Crippen LogP contribution is -2.41. The number of aliphatic carboxylic acids is 1. The van der Waals surface area contributed by atoms with Crippen LogP contribution in [-0.2, 0) is 14.3 Å². The first-order chi connectivity index (χ1) is 8.80. The third kappa shape index (κ3) is 6.05. The highest BCUT2D eigenvalue weighted by atomic mass is 16.5. The van der Waals surface area contributed by atoms with Crippen LogP contribution in [0.25, 0.3) is 0 Å². The summed E-state index contributed by atoms with van der Waals surface area (Å²) in [6, 6.07) is 0.122. The van der Waals surface area contributed by atoms with E-state index in [0.29, 0.717) is 5.92 Å². The highest BCUT2D eigenvalue weighted by Crippen LogP contribution is 2.25. The summed E-state index contributed by atoms with van der Waals surface area (Å²) in [5.74, 6) is -0.471. The minimum absolute atomic E-state index is 0.00602. The molecule has 0 aliphatic carbocycles. The monoisotopic (exact) mass is 271 g/mol. The number of rotatable bonds is 6. The number of carbonyl (C=O) groups excluding carboxylic acids is 1. The van der Waals surface area contributed by atoms with Gasteiger partial charge in [-0.05, 0) is 31.1 Å². The number of carbonyl (C=O) groups is 2. The van der Waals surface area contributed by atoms with E-state index in [9.17, 15) is 9.59 Å². The molecular weight excluding hydrogens is 246 g/mol. The minimum Gasteiger partial charge on any atom is -0.481 e. The van der Waals surface area contributed by atoms with Crippen LogP contribution in [0.2, 0.25) is 0 Å². The van der Waals surface area contributed by atoms with Gasteiger partial charge < -0.3 is 15.2 Å². The fourth-order valence-corrected chi connectivity index (χ4v) is 2.55. The van der Waals surface area contributed by atoms with Crippen molar-refractivity contribution in [1.82, 2.24) is 5.32 Å². The molecule has 1 rings (SSSR count). The molecule has 1 fully saturated rings. The molecule has 1 saturated heterocycles. The summed E-state index contributed by atoms with van der Waals surface area (Å²) in [6.45, 7) is 7.14. The molecule has 1 unspecified atom stereocenters. The Morgan fingerprint density at radius 3 is 2.42 bits per heavy atom. The highest BCUT2D eigenvalue weighted by molar-refractivity contribution is 5.78. The predicted molar refractivity (Wildman–Crippen MR) is 71.8 cm³/mol. The minimum atomic E-state index is -0.865. The number of nitrogens with one attached hydrogen (secondary N) is 1. The van der Waals surface area contributed by atoms with Crippen molar-refractivity contribution in [3.05, 3.63) is 0 Å². The van der Waals surface area contributed by atoms with Crippen molar-refractivity contribution in [2.45, 2.75) is 52.5 Å². The van der Waals surface area contributed by atoms with E-state index < -0.39 is 11.4 Å². The van der Waals surface area contributed by atoms with Gasteiger partial charge >= 0.3 is 5.97 Å². The second-order valence-corrected chi connectivity index (χ2v) is 6.22. The van der Waals surface area contributed by atoms with Crippen LogP contribution >= 0.6 is 0 Å². The summed E-state index contributed by atoms with van der Waals surface area (Å²) < 4.78 is 5.30. The normalized spacial score (nSPS) is 18.9. The molecule has 1 amide bonds. The summed E-state index contributed by atoms with van der Waals surface area (Å²) in [5.41, 5.74) is -0.509. The van der Waals surface area contributed by atoms with Gasteiger partial charge in [-0.3, -0.25) is 9.59 Å². The number of amides is 1. The van der Waals surface area contributed by atoms with Crippen molar-refractivity contribution < 1.29 is 19.4 Å². The topological polar surface area (TPSA) is 75.6 Å². The third-order valence-electron chi connectivity index (χ3n) is 3.63. The van der Waals surface area contributed by atoms with E-state index in [1.165, 1.54) is 0 Å². The first kappa shape index (κ1) is 16.0. The SMILES string of the molecule is CC(NC(=O)CC(C)(C)CC(=O)O)C1CCOCC1. The standard InChI is InChI=1S/C14H25NO4/c1-10(11-4-6-19-7-5-11)15-12(16)8-14(2,3)9-13(17)18/h10-11H,4-9H2,1-3H3,(H,15,16)(H,17,18). The average Bonchev–Trinajstić information content (AvgIpc) is 2.27. The quantitative estimate of drug-likeness (QED) is 0.772. The molecule has 1 aliphatic heterocycles. The van der Waals surface area contributed by atoms with Gasteiger partial charge in [0.2, 0.25) is 5.91 Å². The summed E-state index contributed by atoms with van der Waals surface area (Å²) >= 11 is 0. The van der Waals surface area contributed by atoms with Gasteiger partial charge in [0.15, 0.2) is 0 Å². The lowest BCUT2D eigenvalue weighted by atomic mass is 9.85. The molecule has 5 heteroatoms. The molecule has 1 atom stereocenters. The Hall–Kier alpha value is -1.10. The molecular formula is C14H25NO4. The Morgan fingerprint density at radius 1 is 1.32 bits per heavy atom. The van der Waals surface area contributed by atoms with E-state index in [0.717, 1.165) is 26.1 Å². The van der Waals surface area contributed by atoms with Gasteiger partial charge in [-0.25, -0.2) is 0 Å². The molecule has 0 aromatic heterocycles. The maximum absolute atomic E-state index is 12.0. The summed E-state index contributed by atoms with van der Waals surface area (Å²) in [6.07, 6.45) is 2.19. The molecule has 1 heterocycles. The zero-order chi connectivity index (χ0) is 14.5. The van der Waals surface area contributed by atoms with E-state index in [4.69, 9.17) is 9.84 Å². The second kappa shape index (κ2) is 6.89. The molecule has 0 radical (unpaired) electrons. The first-order valence-corrected chi connectivity index (χ1v) is 6.89. The summed E-state index contributed by atoms with van der Waals surface area (Å²) in [7, 11) is 0. The van der Waals surface area contributed by atoms with Gasteiger partial charge in [0.25, 0.3) is 0 Å². The van der Waals surface area contributed by atoms with E-state index >= 15 is 0 Å². The molecule has 110 valence electrons. The lowest BCUT2D eigenvalue weighted by Gasteiger charge is -2.29. The third-order valence-corrected chi connectivity index (χ3v) is 3.63. The molecule has 1 aliphatic rings. The number of carboxylic acid groups (broad SMARTS) is 1. The van der Waals surface area contributed by atoms with Crippen LogP contribution in [0.1, 0.15) is 46.5 Å². The van der Waals surface area contributed by atoms with Crippen LogP contribution in [0, 0.1) is 11.3 Å². The smallest absolute Gasteiger partial charge is 0.303 e. The first-order valence-electron chi connectivity index (χ1n) is 6.89. The van der Waals surface area contributed by atoms with Crippen molar-refractivity contribution in [3.8, 4) is 0 Å². The largest absolute Gasteiger partial charge is 0.481 e. The Bertz CT molecular complexity index is 321. The van der Waals surface area contributed by atoms with Crippen molar-refractivity contribution in [3.63, 3.8) is 0 Å². The second-order valence-electron chi connectivity index (χ2n) is 6.22. The lowest BCUT2D eigenvalue weighted by molar-refractivity contribution is -0.139. The van der Waals surface area contributed by atoms with Crippen LogP contribution in [0.15, 0.2) is 0 Å². The summed E-state index contributed by atoms with van der Waals surface area (Å²) in [5, 5.41) is 11.8. The van der Waals surface area contributed by atoms with Crippen LogP contribution in [0.5, 0.6) is 0 Å². The van der Waals surface area contributed by atoms with Crippen LogP contribution in [-0.4, -0.2) is 36.2 Å². The fourth-order valence-electron chi connectivity index (χ4n) is 2.55. The van der Waals surface area contributed by atoms with Gasteiger partial charge in [0.1, 0.15) is 0 Å². The Balaban J connectivity index is 2.39. The van der Waals surface area contributed by atoms with E-state index in [1.54, 1.807) is 13.8 Å². The molecule has 19 heavy (non-hydrogen) atoms. The van der Waals surface area contributed by atoms with Crippen molar-refractivity contribution in [2.75, 3.05) is 13.2 Å². The van der Waals surface area contributed by atoms with E-state index in [2.05, 4.69) is 5.32 Å². The van der Waals surface area contributed by atoms with Crippen molar-refractivity contribution in [1.29, 1.82) is 0 Å². The zero-order valence-corrected chi connectivity index (χ0v) is 12.1. The van der Waals surface area contributed by atoms with Gasteiger partial charge in [-0.2, -0.15) is 0 Å².